The third-order valence-electron chi connectivity index (χ3n) is 4.91. The van der Waals surface area contributed by atoms with Crippen LogP contribution in [-0.4, -0.2) is 31.9 Å². The fourth-order valence-electron chi connectivity index (χ4n) is 3.70. The molecule has 26 heavy (non-hydrogen) atoms. The third-order valence-corrected chi connectivity index (χ3v) is 4.91. The van der Waals surface area contributed by atoms with E-state index in [1.807, 2.05) is 6.08 Å². The van der Waals surface area contributed by atoms with E-state index in [0.717, 1.165) is 11.3 Å². The van der Waals surface area contributed by atoms with Gasteiger partial charge in [0.25, 0.3) is 0 Å². The van der Waals surface area contributed by atoms with Gasteiger partial charge in [-0.25, -0.2) is 9.59 Å². The lowest BCUT2D eigenvalue weighted by Crippen LogP contribution is -2.40. The van der Waals surface area contributed by atoms with Crippen molar-refractivity contribution in [3.63, 3.8) is 0 Å². The highest BCUT2D eigenvalue weighted by atomic mass is 16.5. The van der Waals surface area contributed by atoms with Gasteiger partial charge in [0.05, 0.1) is 31.3 Å². The van der Waals surface area contributed by atoms with E-state index in [-0.39, 0.29) is 5.78 Å². The molecule has 2 atom stereocenters. The molecule has 0 aromatic heterocycles. The molecule has 1 aromatic rings. The van der Waals surface area contributed by atoms with Gasteiger partial charge in [0.2, 0.25) is 0 Å². The zero-order valence-electron chi connectivity index (χ0n) is 15.0. The lowest BCUT2D eigenvalue weighted by Gasteiger charge is -2.37. The van der Waals surface area contributed by atoms with Gasteiger partial charge in [0.1, 0.15) is 5.78 Å². The van der Waals surface area contributed by atoms with Crippen LogP contribution in [0.5, 0.6) is 0 Å². The maximum absolute atomic E-state index is 12.7. The Kier molecular flexibility index (Phi) is 4.93. The number of rotatable bonds is 3. The topological polar surface area (TPSA) is 81.7 Å². The van der Waals surface area contributed by atoms with E-state index >= 15 is 0 Å². The Morgan fingerprint density at radius 2 is 1.69 bits per heavy atom. The maximum Gasteiger partial charge on any atom is 0.337 e. The van der Waals surface area contributed by atoms with Crippen LogP contribution in [0.4, 0.5) is 0 Å². The summed E-state index contributed by atoms with van der Waals surface area (Å²) in [6.45, 7) is 1.80. The molecule has 3 rings (SSSR count). The molecule has 1 aliphatic carbocycles. The molecule has 1 heterocycles. The van der Waals surface area contributed by atoms with Crippen molar-refractivity contribution in [2.45, 2.75) is 25.7 Å². The van der Waals surface area contributed by atoms with Crippen LogP contribution in [0.1, 0.15) is 41.6 Å². The van der Waals surface area contributed by atoms with Crippen molar-refractivity contribution in [3.05, 3.63) is 58.4 Å². The van der Waals surface area contributed by atoms with Crippen LogP contribution in [0.2, 0.25) is 0 Å². The lowest BCUT2D eigenvalue weighted by atomic mass is 9.71. The normalized spacial score (nSPS) is 22.1. The van der Waals surface area contributed by atoms with Gasteiger partial charge < -0.3 is 14.8 Å². The zero-order chi connectivity index (χ0) is 18.8. The Balaban J connectivity index is 2.11. The number of Topliss-reactive ketones (excluding diaryl/α,β-unsaturated/α-hetero) is 1. The van der Waals surface area contributed by atoms with Crippen LogP contribution in [-0.2, 0) is 19.1 Å². The van der Waals surface area contributed by atoms with Crippen LogP contribution < -0.4 is 5.32 Å². The van der Waals surface area contributed by atoms with Gasteiger partial charge >= 0.3 is 11.9 Å². The van der Waals surface area contributed by atoms with E-state index < -0.39 is 23.8 Å². The summed E-state index contributed by atoms with van der Waals surface area (Å²) in [7, 11) is 2.65. The zero-order valence-corrected chi connectivity index (χ0v) is 15.0. The first-order valence-corrected chi connectivity index (χ1v) is 8.45. The summed E-state index contributed by atoms with van der Waals surface area (Å²) in [6, 6.07) is 6.81. The van der Waals surface area contributed by atoms with Crippen molar-refractivity contribution < 1.29 is 23.9 Å². The van der Waals surface area contributed by atoms with Crippen molar-refractivity contribution >= 4 is 17.7 Å². The fraction of sp³-hybridized carbons (Fsp3) is 0.350. The van der Waals surface area contributed by atoms with E-state index in [1.165, 1.54) is 14.2 Å². The number of carbonyl (C=O) groups excluding carboxylic acids is 3. The van der Waals surface area contributed by atoms with Gasteiger partial charge in [-0.15, -0.1) is 0 Å². The Bertz CT molecular complexity index is 819. The second kappa shape index (κ2) is 7.15. The van der Waals surface area contributed by atoms with E-state index in [1.54, 1.807) is 31.2 Å². The summed E-state index contributed by atoms with van der Waals surface area (Å²) >= 11 is 0. The number of ether oxygens (including phenoxy) is 2. The van der Waals surface area contributed by atoms with Crippen molar-refractivity contribution in [3.8, 4) is 0 Å². The molecule has 0 spiro atoms. The first-order chi connectivity index (χ1) is 12.5. The molecule has 0 bridgehead atoms. The third kappa shape index (κ3) is 3.03. The monoisotopic (exact) mass is 355 g/mol. The van der Waals surface area contributed by atoms with Gasteiger partial charge in [-0.2, -0.15) is 0 Å². The fourth-order valence-corrected chi connectivity index (χ4v) is 3.70. The quantitative estimate of drug-likeness (QED) is 0.839. The highest BCUT2D eigenvalue weighted by Crippen LogP contribution is 2.43. The molecule has 2 aliphatic rings. The standard InChI is InChI=1S/C20H21NO5/c1-11-16(20(24)26-3)17(18-14(21-11)5-4-6-15(18)22)12-7-9-13(10-8-12)19(23)25-2/h5,7-10,17-18,21H,4,6H2,1-3H3. The second-order valence-corrected chi connectivity index (χ2v) is 6.39. The average molecular weight is 355 g/mol. The maximum atomic E-state index is 12.7. The number of esters is 2. The Hall–Kier alpha value is -2.89. The number of hydrogen-bond donors (Lipinski definition) is 1. The number of benzene rings is 1. The number of nitrogens with one attached hydrogen (secondary N) is 1. The molecule has 1 N–H and O–H groups in total. The number of allylic oxidation sites excluding steroid dienone is 3. The Morgan fingerprint density at radius 3 is 2.31 bits per heavy atom. The molecular weight excluding hydrogens is 334 g/mol. The smallest absolute Gasteiger partial charge is 0.337 e. The molecule has 0 fully saturated rings. The number of fused-ring (bicyclic) bond motifs is 1. The molecule has 0 saturated carbocycles. The lowest BCUT2D eigenvalue weighted by molar-refractivity contribution is -0.136. The summed E-state index contributed by atoms with van der Waals surface area (Å²) < 4.78 is 9.69. The Morgan fingerprint density at radius 1 is 1.04 bits per heavy atom. The minimum absolute atomic E-state index is 0.0888. The molecule has 2 unspecified atom stereocenters. The number of methoxy groups -OCH3 is 2. The van der Waals surface area contributed by atoms with Gasteiger partial charge in [-0.05, 0) is 31.0 Å². The SMILES string of the molecule is COC(=O)C1=C(C)NC2=CCCC(=O)C2C1c1ccc(C(=O)OC)cc1. The minimum atomic E-state index is -0.463. The van der Waals surface area contributed by atoms with Gasteiger partial charge in [0.15, 0.2) is 0 Å². The van der Waals surface area contributed by atoms with Crippen LogP contribution >= 0.6 is 0 Å². The van der Waals surface area contributed by atoms with Crippen LogP contribution in [0.25, 0.3) is 0 Å². The molecule has 0 radical (unpaired) electrons. The summed E-state index contributed by atoms with van der Waals surface area (Å²) in [5.74, 6) is -1.71. The van der Waals surface area contributed by atoms with Gasteiger partial charge in [0, 0.05) is 23.7 Å². The van der Waals surface area contributed by atoms with Gasteiger partial charge in [-0.3, -0.25) is 4.79 Å². The largest absolute Gasteiger partial charge is 0.466 e. The number of hydrogen-bond acceptors (Lipinski definition) is 6. The van der Waals surface area contributed by atoms with Gasteiger partial charge in [-0.1, -0.05) is 18.2 Å². The van der Waals surface area contributed by atoms with Crippen molar-refractivity contribution in [1.82, 2.24) is 5.32 Å². The molecular formula is C20H21NO5. The van der Waals surface area contributed by atoms with E-state index in [4.69, 9.17) is 9.47 Å². The number of carbonyl (C=O) groups is 3. The molecule has 1 aromatic carbocycles. The second-order valence-electron chi connectivity index (χ2n) is 6.39. The Labute approximate surface area is 151 Å². The molecule has 1 aliphatic heterocycles. The van der Waals surface area contributed by atoms with E-state index in [2.05, 4.69) is 5.32 Å². The van der Waals surface area contributed by atoms with Crippen molar-refractivity contribution in [2.24, 2.45) is 5.92 Å². The van der Waals surface area contributed by atoms with Crippen molar-refractivity contribution in [1.29, 1.82) is 0 Å². The average Bonchev–Trinajstić information content (AvgIpc) is 2.66. The van der Waals surface area contributed by atoms with Crippen LogP contribution in [0.3, 0.4) is 0 Å². The molecule has 6 heteroatoms. The first kappa shape index (κ1) is 17.9. The molecule has 0 amide bonds. The van der Waals surface area contributed by atoms with Crippen LogP contribution in [0, 0.1) is 5.92 Å². The van der Waals surface area contributed by atoms with Crippen LogP contribution in [0.15, 0.2) is 47.3 Å². The number of ketones is 1. The highest BCUT2D eigenvalue weighted by molar-refractivity contribution is 5.96. The summed E-state index contributed by atoms with van der Waals surface area (Å²) in [4.78, 5) is 36.8. The summed E-state index contributed by atoms with van der Waals surface area (Å²) in [6.07, 6.45) is 3.14. The van der Waals surface area contributed by atoms with Crippen molar-refractivity contribution in [2.75, 3.05) is 14.2 Å². The summed E-state index contributed by atoms with van der Waals surface area (Å²) in [5, 5.41) is 3.20. The summed E-state index contributed by atoms with van der Waals surface area (Å²) in [5.41, 5.74) is 3.14. The van der Waals surface area contributed by atoms with E-state index in [9.17, 15) is 14.4 Å². The molecule has 6 nitrogen and oxygen atoms in total. The minimum Gasteiger partial charge on any atom is -0.466 e. The predicted octanol–water partition coefficient (Wildman–Crippen LogP) is 2.47. The van der Waals surface area contributed by atoms with E-state index in [0.29, 0.717) is 29.7 Å². The first-order valence-electron chi connectivity index (χ1n) is 8.45. The molecule has 0 saturated heterocycles. The predicted molar refractivity (Wildman–Crippen MR) is 94.2 cm³/mol. The highest BCUT2D eigenvalue weighted by Gasteiger charge is 2.43. The molecule has 136 valence electrons.